The second-order valence-electron chi connectivity index (χ2n) is 7.00. The fourth-order valence-electron chi connectivity index (χ4n) is 2.95. The summed E-state index contributed by atoms with van der Waals surface area (Å²) in [5.74, 6) is 1.45. The number of carbonyl (C=O) groups is 1. The molecule has 140 valence electrons. The molecule has 0 bridgehead atoms. The summed E-state index contributed by atoms with van der Waals surface area (Å²) in [5, 5.41) is 3.09. The molecule has 1 aliphatic heterocycles. The van der Waals surface area contributed by atoms with Crippen LogP contribution in [-0.4, -0.2) is 63.9 Å². The van der Waals surface area contributed by atoms with E-state index in [0.717, 1.165) is 18.7 Å². The van der Waals surface area contributed by atoms with Crippen molar-refractivity contribution >= 4 is 5.91 Å². The number of benzene rings is 1. The van der Waals surface area contributed by atoms with Crippen molar-refractivity contribution in [1.82, 2.24) is 10.2 Å². The molecule has 6 nitrogen and oxygen atoms in total. The van der Waals surface area contributed by atoms with Gasteiger partial charge in [-0.3, -0.25) is 9.69 Å². The molecule has 0 spiro atoms. The number of morpholine rings is 1. The van der Waals surface area contributed by atoms with Gasteiger partial charge < -0.3 is 19.5 Å². The molecule has 1 atom stereocenters. The third kappa shape index (κ3) is 4.86. The van der Waals surface area contributed by atoms with Gasteiger partial charge in [0, 0.05) is 25.0 Å². The van der Waals surface area contributed by atoms with E-state index in [9.17, 15) is 4.79 Å². The Bertz CT molecular complexity index is 583. The van der Waals surface area contributed by atoms with Crippen LogP contribution >= 0.6 is 0 Å². The van der Waals surface area contributed by atoms with Gasteiger partial charge in [0.05, 0.1) is 33.5 Å². The molecule has 6 heteroatoms. The molecule has 0 radical (unpaired) electrons. The van der Waals surface area contributed by atoms with Gasteiger partial charge in [-0.15, -0.1) is 0 Å². The lowest BCUT2D eigenvalue weighted by Crippen LogP contribution is -2.51. The number of hydrogen-bond donors (Lipinski definition) is 1. The van der Waals surface area contributed by atoms with Crippen LogP contribution < -0.4 is 14.8 Å². The monoisotopic (exact) mass is 350 g/mol. The number of hydrogen-bond acceptors (Lipinski definition) is 5. The zero-order chi connectivity index (χ0) is 18.4. The minimum atomic E-state index is -0.222. The van der Waals surface area contributed by atoms with Gasteiger partial charge in [0.15, 0.2) is 11.5 Å². The number of ether oxygens (including phenoxy) is 3. The first kappa shape index (κ1) is 19.5. The Kier molecular flexibility index (Phi) is 6.67. The van der Waals surface area contributed by atoms with Crippen LogP contribution in [0.3, 0.4) is 0 Å². The number of nitrogens with zero attached hydrogens (tertiary/aromatic N) is 1. The summed E-state index contributed by atoms with van der Waals surface area (Å²) in [6.45, 7) is 9.69. The highest BCUT2D eigenvalue weighted by Crippen LogP contribution is 2.32. The first-order chi connectivity index (χ1) is 11.9. The fraction of sp³-hybridized carbons (Fsp3) is 0.632. The molecule has 1 heterocycles. The Labute approximate surface area is 150 Å². The molecule has 1 aliphatic rings. The highest BCUT2D eigenvalue weighted by molar-refractivity contribution is 5.81. The van der Waals surface area contributed by atoms with Gasteiger partial charge in [0.25, 0.3) is 0 Å². The van der Waals surface area contributed by atoms with Gasteiger partial charge in [-0.05, 0) is 24.6 Å². The van der Waals surface area contributed by atoms with E-state index in [1.807, 2.05) is 25.1 Å². The van der Waals surface area contributed by atoms with Gasteiger partial charge >= 0.3 is 0 Å². The summed E-state index contributed by atoms with van der Waals surface area (Å²) in [7, 11) is 3.25. The Morgan fingerprint density at radius 2 is 1.88 bits per heavy atom. The van der Waals surface area contributed by atoms with E-state index in [-0.39, 0.29) is 17.4 Å². The number of rotatable bonds is 7. The highest BCUT2D eigenvalue weighted by atomic mass is 16.5. The summed E-state index contributed by atoms with van der Waals surface area (Å²) in [4.78, 5) is 14.7. The largest absolute Gasteiger partial charge is 0.493 e. The van der Waals surface area contributed by atoms with E-state index >= 15 is 0 Å². The Hall–Kier alpha value is -1.79. The molecule has 1 saturated heterocycles. The number of methoxy groups -OCH3 is 2. The summed E-state index contributed by atoms with van der Waals surface area (Å²) in [6, 6.07) is 5.73. The summed E-state index contributed by atoms with van der Waals surface area (Å²) in [5.41, 5.74) is 0.865. The molecule has 0 saturated carbocycles. The standard InChI is InChI=1S/C19H30N2O4/c1-14(21-8-10-25-11-9-21)18(22)20-13-19(2,3)15-6-7-16(23-4)17(12-15)24-5/h6-7,12,14H,8-11,13H2,1-5H3,(H,20,22). The van der Waals surface area contributed by atoms with E-state index in [0.29, 0.717) is 31.3 Å². The predicted molar refractivity (Wildman–Crippen MR) is 97.4 cm³/mol. The minimum Gasteiger partial charge on any atom is -0.493 e. The van der Waals surface area contributed by atoms with Crippen molar-refractivity contribution in [2.45, 2.75) is 32.2 Å². The van der Waals surface area contributed by atoms with Gasteiger partial charge in [0.2, 0.25) is 5.91 Å². The van der Waals surface area contributed by atoms with Crippen molar-refractivity contribution < 1.29 is 19.0 Å². The predicted octanol–water partition coefficient (Wildman–Crippen LogP) is 1.82. The molecule has 1 aromatic rings. The smallest absolute Gasteiger partial charge is 0.237 e. The zero-order valence-electron chi connectivity index (χ0n) is 15.9. The molecule has 1 aromatic carbocycles. The maximum absolute atomic E-state index is 12.5. The molecule has 1 fully saturated rings. The Morgan fingerprint density at radius 1 is 1.24 bits per heavy atom. The summed E-state index contributed by atoms with van der Waals surface area (Å²) >= 11 is 0. The first-order valence-corrected chi connectivity index (χ1v) is 8.71. The Balaban J connectivity index is 1.99. The molecule has 1 unspecified atom stereocenters. The zero-order valence-corrected chi connectivity index (χ0v) is 15.9. The van der Waals surface area contributed by atoms with Crippen LogP contribution in [-0.2, 0) is 14.9 Å². The van der Waals surface area contributed by atoms with Crippen molar-refractivity contribution in [3.63, 3.8) is 0 Å². The van der Waals surface area contributed by atoms with Crippen molar-refractivity contribution in [2.24, 2.45) is 0 Å². The average Bonchev–Trinajstić information content (AvgIpc) is 2.65. The molecular formula is C19H30N2O4. The quantitative estimate of drug-likeness (QED) is 0.813. The minimum absolute atomic E-state index is 0.0513. The third-order valence-electron chi connectivity index (χ3n) is 4.84. The van der Waals surface area contributed by atoms with Crippen LogP contribution in [0.2, 0.25) is 0 Å². The second-order valence-corrected chi connectivity index (χ2v) is 7.00. The van der Waals surface area contributed by atoms with Crippen LogP contribution in [0.1, 0.15) is 26.3 Å². The molecule has 0 aliphatic carbocycles. The van der Waals surface area contributed by atoms with E-state index < -0.39 is 0 Å². The molecule has 1 amide bonds. The van der Waals surface area contributed by atoms with Crippen molar-refractivity contribution in [2.75, 3.05) is 47.1 Å². The molecule has 1 N–H and O–H groups in total. The lowest BCUT2D eigenvalue weighted by molar-refractivity contribution is -0.127. The van der Waals surface area contributed by atoms with E-state index in [2.05, 4.69) is 24.1 Å². The molecular weight excluding hydrogens is 320 g/mol. The molecule has 0 aromatic heterocycles. The van der Waals surface area contributed by atoms with Gasteiger partial charge in [-0.1, -0.05) is 19.9 Å². The lowest BCUT2D eigenvalue weighted by atomic mass is 9.84. The van der Waals surface area contributed by atoms with Crippen molar-refractivity contribution in [3.8, 4) is 11.5 Å². The fourth-order valence-corrected chi connectivity index (χ4v) is 2.95. The van der Waals surface area contributed by atoms with E-state index in [1.165, 1.54) is 0 Å². The molecule has 2 rings (SSSR count). The number of amides is 1. The van der Waals surface area contributed by atoms with Crippen LogP contribution in [0, 0.1) is 0 Å². The SMILES string of the molecule is COc1ccc(C(C)(C)CNC(=O)C(C)N2CCOCC2)cc1OC. The lowest BCUT2D eigenvalue weighted by Gasteiger charge is -2.33. The maximum Gasteiger partial charge on any atom is 0.237 e. The van der Waals surface area contributed by atoms with E-state index in [4.69, 9.17) is 14.2 Å². The van der Waals surface area contributed by atoms with Crippen LogP contribution in [0.25, 0.3) is 0 Å². The maximum atomic E-state index is 12.5. The number of carbonyl (C=O) groups excluding carboxylic acids is 1. The first-order valence-electron chi connectivity index (χ1n) is 8.71. The van der Waals surface area contributed by atoms with Crippen LogP contribution in [0.5, 0.6) is 11.5 Å². The Morgan fingerprint density at radius 3 is 2.48 bits per heavy atom. The number of nitrogens with one attached hydrogen (secondary N) is 1. The second kappa shape index (κ2) is 8.54. The van der Waals surface area contributed by atoms with Crippen LogP contribution in [0.15, 0.2) is 18.2 Å². The summed E-state index contributed by atoms with van der Waals surface area (Å²) in [6.07, 6.45) is 0. The van der Waals surface area contributed by atoms with Gasteiger partial charge in [-0.2, -0.15) is 0 Å². The van der Waals surface area contributed by atoms with Crippen molar-refractivity contribution in [3.05, 3.63) is 23.8 Å². The van der Waals surface area contributed by atoms with Crippen molar-refractivity contribution in [1.29, 1.82) is 0 Å². The van der Waals surface area contributed by atoms with E-state index in [1.54, 1.807) is 14.2 Å². The van der Waals surface area contributed by atoms with Crippen LogP contribution in [0.4, 0.5) is 0 Å². The van der Waals surface area contributed by atoms with Gasteiger partial charge in [-0.25, -0.2) is 0 Å². The topological polar surface area (TPSA) is 60.0 Å². The summed E-state index contributed by atoms with van der Waals surface area (Å²) < 4.78 is 16.0. The highest BCUT2D eigenvalue weighted by Gasteiger charge is 2.27. The molecule has 25 heavy (non-hydrogen) atoms. The van der Waals surface area contributed by atoms with Gasteiger partial charge in [0.1, 0.15) is 0 Å². The average molecular weight is 350 g/mol. The third-order valence-corrected chi connectivity index (χ3v) is 4.84. The normalized spacial score (nSPS) is 17.0.